The van der Waals surface area contributed by atoms with E-state index in [-0.39, 0.29) is 62.3 Å². The number of aliphatic hydroxyl groups is 1. The number of amides is 2. The maximum absolute atomic E-state index is 15.0. The molecule has 3 aromatic rings. The molecule has 4 aliphatic rings. The molecule has 4 heterocycles. The second-order valence-corrected chi connectivity index (χ2v) is 15.7. The minimum absolute atomic E-state index is 0.0118. The molecule has 0 radical (unpaired) electrons. The third kappa shape index (κ3) is 6.87. The predicted octanol–water partition coefficient (Wildman–Crippen LogP) is 4.45. The van der Waals surface area contributed by atoms with Gasteiger partial charge in [-0.2, -0.15) is 9.97 Å². The minimum atomic E-state index is -2.91. The number of hydrogen-bond acceptors (Lipinski definition) is 9. The van der Waals surface area contributed by atoms with Crippen molar-refractivity contribution in [2.75, 3.05) is 44.2 Å². The summed E-state index contributed by atoms with van der Waals surface area (Å²) in [6.45, 7) is 5.53. The number of carbonyl (C=O) groups is 2. The van der Waals surface area contributed by atoms with Crippen molar-refractivity contribution in [3.05, 3.63) is 50.7 Å². The van der Waals surface area contributed by atoms with Gasteiger partial charge in [0.15, 0.2) is 0 Å². The van der Waals surface area contributed by atoms with E-state index in [9.17, 15) is 19.8 Å². The van der Waals surface area contributed by atoms with E-state index in [1.807, 2.05) is 28.0 Å². The zero-order chi connectivity index (χ0) is 34.7. The zero-order valence-corrected chi connectivity index (χ0v) is 29.8. The lowest BCUT2D eigenvalue weighted by Gasteiger charge is -2.38. The van der Waals surface area contributed by atoms with Gasteiger partial charge in [0, 0.05) is 60.1 Å². The van der Waals surface area contributed by atoms with E-state index in [1.165, 1.54) is 13.0 Å². The Morgan fingerprint density at radius 3 is 2.69 bits per heavy atom. The standard InChI is InChI=1S/C35H41F2IN6O5/c1-21(45)39-23-7-4-10-42(14-23)19-34(17-35(34,36)37)20-49-32-40-28-16-44(15-26(28)30(41-32)43-11-5-9-33(2,48)18-43)31(47)25-13-24(46)12-22-6-3-8-27(38)29(22)25/h3,6,8,12-13,23,46,48H,4-5,7,9-11,14-20H2,1-2H3,(H,39,45)/t23?,33-,34-/m1/s1. The number of rotatable bonds is 8. The summed E-state index contributed by atoms with van der Waals surface area (Å²) < 4.78 is 37.0. The van der Waals surface area contributed by atoms with Crippen molar-refractivity contribution in [1.29, 1.82) is 0 Å². The summed E-state index contributed by atoms with van der Waals surface area (Å²) in [5.41, 5.74) is -0.704. The molecule has 2 saturated heterocycles. The number of aromatic hydroxyl groups is 1. The predicted molar refractivity (Wildman–Crippen MR) is 187 cm³/mol. The van der Waals surface area contributed by atoms with Crippen molar-refractivity contribution < 1.29 is 33.3 Å². The van der Waals surface area contributed by atoms with Crippen LogP contribution in [0.25, 0.3) is 10.8 Å². The highest BCUT2D eigenvalue weighted by atomic mass is 127. The van der Waals surface area contributed by atoms with E-state index in [4.69, 9.17) is 9.72 Å². The van der Waals surface area contributed by atoms with Gasteiger partial charge in [-0.05, 0) is 85.3 Å². The van der Waals surface area contributed by atoms with Gasteiger partial charge in [-0.3, -0.25) is 9.59 Å². The molecule has 3 fully saturated rings. The number of halogens is 3. The second kappa shape index (κ2) is 12.7. The van der Waals surface area contributed by atoms with Crippen LogP contribution in [0.15, 0.2) is 30.3 Å². The van der Waals surface area contributed by atoms with Crippen LogP contribution >= 0.6 is 22.6 Å². The number of hydrogen-bond donors (Lipinski definition) is 3. The fraction of sp³-hybridized carbons (Fsp3) is 0.543. The number of nitrogens with one attached hydrogen (secondary N) is 1. The minimum Gasteiger partial charge on any atom is -0.508 e. The Balaban J connectivity index is 1.15. The fourth-order valence-corrected chi connectivity index (χ4v) is 8.59. The first-order valence-corrected chi connectivity index (χ1v) is 17.9. The number of carbonyl (C=O) groups excluding carboxylic acids is 2. The number of benzene rings is 2. The highest BCUT2D eigenvalue weighted by Crippen LogP contribution is 2.61. The van der Waals surface area contributed by atoms with Crippen molar-refractivity contribution in [3.8, 4) is 11.8 Å². The number of anilines is 1. The van der Waals surface area contributed by atoms with Crippen LogP contribution < -0.4 is 15.0 Å². The van der Waals surface area contributed by atoms with E-state index in [1.54, 1.807) is 17.9 Å². The lowest BCUT2D eigenvalue weighted by molar-refractivity contribution is -0.120. The average Bonchev–Trinajstić information content (AvgIpc) is 3.33. The van der Waals surface area contributed by atoms with Gasteiger partial charge in [0.25, 0.3) is 11.8 Å². The van der Waals surface area contributed by atoms with Gasteiger partial charge in [0.1, 0.15) is 18.2 Å². The first kappa shape index (κ1) is 34.1. The molecule has 3 atom stereocenters. The summed E-state index contributed by atoms with van der Waals surface area (Å²) in [4.78, 5) is 40.7. The van der Waals surface area contributed by atoms with Gasteiger partial charge in [0.2, 0.25) is 5.91 Å². The second-order valence-electron chi connectivity index (χ2n) is 14.5. The number of alkyl halides is 2. The lowest BCUT2D eigenvalue weighted by atomic mass is 9.95. The average molecular weight is 791 g/mol. The summed E-state index contributed by atoms with van der Waals surface area (Å²) in [7, 11) is 0. The van der Waals surface area contributed by atoms with Gasteiger partial charge < -0.3 is 35.0 Å². The molecular weight excluding hydrogens is 749 g/mol. The summed E-state index contributed by atoms with van der Waals surface area (Å²) >= 11 is 2.18. The molecule has 1 aromatic heterocycles. The van der Waals surface area contributed by atoms with Crippen LogP contribution in [0, 0.1) is 8.99 Å². The molecule has 11 nitrogen and oxygen atoms in total. The van der Waals surface area contributed by atoms with Crippen LogP contribution in [0.3, 0.4) is 0 Å². The van der Waals surface area contributed by atoms with Crippen LogP contribution in [0.5, 0.6) is 11.8 Å². The van der Waals surface area contributed by atoms with Gasteiger partial charge in [0.05, 0.1) is 35.4 Å². The number of likely N-dealkylation sites (tertiary alicyclic amines) is 1. The summed E-state index contributed by atoms with van der Waals surface area (Å²) in [5.74, 6) is -2.81. The molecule has 3 aliphatic heterocycles. The van der Waals surface area contributed by atoms with Crippen molar-refractivity contribution >= 4 is 51.0 Å². The Labute approximate surface area is 297 Å². The van der Waals surface area contributed by atoms with Gasteiger partial charge in [-0.15, -0.1) is 0 Å². The molecule has 2 aromatic carbocycles. The van der Waals surface area contributed by atoms with E-state index >= 15 is 8.78 Å². The van der Waals surface area contributed by atoms with E-state index in [2.05, 4.69) is 32.9 Å². The van der Waals surface area contributed by atoms with E-state index in [0.29, 0.717) is 49.7 Å². The topological polar surface area (TPSA) is 131 Å². The van der Waals surface area contributed by atoms with Crippen LogP contribution in [0.2, 0.25) is 0 Å². The Bertz CT molecular complexity index is 1810. The normalized spacial score (nSPS) is 26.4. The number of nitrogens with zero attached hydrogens (tertiary/aromatic N) is 5. The Kier molecular flexibility index (Phi) is 8.87. The quantitative estimate of drug-likeness (QED) is 0.284. The Morgan fingerprint density at radius 2 is 1.96 bits per heavy atom. The number of piperidine rings is 2. The van der Waals surface area contributed by atoms with Crippen molar-refractivity contribution in [3.63, 3.8) is 0 Å². The fourth-order valence-electron chi connectivity index (χ4n) is 7.78. The van der Waals surface area contributed by atoms with Crippen LogP contribution in [-0.4, -0.2) is 98.7 Å². The van der Waals surface area contributed by atoms with E-state index in [0.717, 1.165) is 39.2 Å². The van der Waals surface area contributed by atoms with Gasteiger partial charge in [-0.1, -0.05) is 12.1 Å². The number of phenolic OH excluding ortho intramolecular Hbond substituents is 1. The molecule has 7 rings (SSSR count). The highest BCUT2D eigenvalue weighted by molar-refractivity contribution is 14.1. The summed E-state index contributed by atoms with van der Waals surface area (Å²) in [6.07, 6.45) is 2.66. The molecule has 1 aliphatic carbocycles. The molecule has 1 unspecified atom stereocenters. The smallest absolute Gasteiger partial charge is 0.318 e. The van der Waals surface area contributed by atoms with E-state index < -0.39 is 16.9 Å². The molecule has 2 amide bonds. The summed E-state index contributed by atoms with van der Waals surface area (Å²) in [6, 6.07) is 8.63. The van der Waals surface area contributed by atoms with Crippen molar-refractivity contribution in [1.82, 2.24) is 25.1 Å². The maximum Gasteiger partial charge on any atom is 0.318 e. The molecular formula is C35H41F2IN6O5. The van der Waals surface area contributed by atoms with Crippen LogP contribution in [0.4, 0.5) is 14.6 Å². The zero-order valence-electron chi connectivity index (χ0n) is 27.6. The van der Waals surface area contributed by atoms with Crippen LogP contribution in [0.1, 0.15) is 67.6 Å². The molecule has 1 saturated carbocycles. The van der Waals surface area contributed by atoms with Crippen molar-refractivity contribution in [2.45, 2.75) is 76.6 Å². The first-order valence-electron chi connectivity index (χ1n) is 16.8. The number of fused-ring (bicyclic) bond motifs is 2. The summed E-state index contributed by atoms with van der Waals surface area (Å²) in [5, 5.41) is 25.8. The Hall–Kier alpha value is -3.37. The maximum atomic E-state index is 15.0. The molecule has 262 valence electrons. The number of aromatic nitrogens is 2. The number of phenols is 1. The van der Waals surface area contributed by atoms with Gasteiger partial charge >= 0.3 is 6.01 Å². The monoisotopic (exact) mass is 790 g/mol. The lowest BCUT2D eigenvalue weighted by Crippen LogP contribution is -2.49. The van der Waals surface area contributed by atoms with Crippen LogP contribution in [-0.2, 0) is 17.9 Å². The first-order chi connectivity index (χ1) is 23.2. The number of β-amino-alcohol motifs (C(OH)–C–C–N with tert-alkyl or cyclic N) is 1. The highest BCUT2D eigenvalue weighted by Gasteiger charge is 2.72. The SMILES string of the molecule is CC(=O)NC1CCCN(C[C@@]2(COc3nc4c(c(N5CCC[C@@](C)(O)C5)n3)CN(C(=O)c3cc(O)cc5cccc(I)c35)C4)CC2(F)F)C1. The third-order valence-electron chi connectivity index (χ3n) is 10.3. The largest absolute Gasteiger partial charge is 0.508 e. The molecule has 0 spiro atoms. The molecule has 14 heteroatoms. The molecule has 49 heavy (non-hydrogen) atoms. The Morgan fingerprint density at radius 1 is 1.16 bits per heavy atom. The van der Waals surface area contributed by atoms with Gasteiger partial charge in [-0.25, -0.2) is 8.78 Å². The molecule has 3 N–H and O–H groups in total. The third-order valence-corrected chi connectivity index (χ3v) is 11.2. The number of ether oxygens (including phenoxy) is 1. The molecule has 0 bridgehead atoms. The van der Waals surface area contributed by atoms with Crippen molar-refractivity contribution in [2.24, 2.45) is 5.41 Å².